The van der Waals surface area contributed by atoms with E-state index in [1.807, 2.05) is 0 Å². The molecule has 1 atom stereocenters. The van der Waals surface area contributed by atoms with Crippen LogP contribution in [0.3, 0.4) is 0 Å². The number of hydrogen-bond acceptors (Lipinski definition) is 1. The molecule has 0 aliphatic heterocycles. The van der Waals surface area contributed by atoms with Gasteiger partial charge in [0.05, 0.1) is 0 Å². The number of hydrogen-bond donors (Lipinski definition) is 1. The number of rotatable bonds is 3. The van der Waals surface area contributed by atoms with Crippen molar-refractivity contribution in [1.82, 2.24) is 0 Å². The SMILES string of the molecule is C[C@H](CO)CC1CCCCCC1. The Morgan fingerprint density at radius 3 is 2.25 bits per heavy atom. The molecule has 1 heteroatoms. The molecule has 0 amide bonds. The van der Waals surface area contributed by atoms with Gasteiger partial charge in [-0.3, -0.25) is 0 Å². The first-order chi connectivity index (χ1) is 5.83. The van der Waals surface area contributed by atoms with Crippen molar-refractivity contribution in [2.45, 2.75) is 51.9 Å². The van der Waals surface area contributed by atoms with Gasteiger partial charge in [-0.25, -0.2) is 0 Å². The summed E-state index contributed by atoms with van der Waals surface area (Å²) in [4.78, 5) is 0. The average Bonchev–Trinajstić information content (AvgIpc) is 2.33. The highest BCUT2D eigenvalue weighted by molar-refractivity contribution is 4.67. The summed E-state index contributed by atoms with van der Waals surface area (Å²) in [7, 11) is 0. The van der Waals surface area contributed by atoms with Crippen LogP contribution in [0.15, 0.2) is 0 Å². The van der Waals surface area contributed by atoms with E-state index in [2.05, 4.69) is 6.92 Å². The summed E-state index contributed by atoms with van der Waals surface area (Å²) >= 11 is 0. The molecule has 1 N–H and O–H groups in total. The van der Waals surface area contributed by atoms with Crippen LogP contribution in [0, 0.1) is 11.8 Å². The maximum absolute atomic E-state index is 8.94. The van der Waals surface area contributed by atoms with Gasteiger partial charge in [-0.1, -0.05) is 45.4 Å². The molecule has 0 unspecified atom stereocenters. The normalized spacial score (nSPS) is 23.5. The summed E-state index contributed by atoms with van der Waals surface area (Å²) in [6.07, 6.45) is 9.77. The van der Waals surface area contributed by atoms with Crippen LogP contribution in [-0.2, 0) is 0 Å². The molecular weight excluding hydrogens is 148 g/mol. The largest absolute Gasteiger partial charge is 0.396 e. The lowest BCUT2D eigenvalue weighted by Crippen LogP contribution is -2.08. The van der Waals surface area contributed by atoms with Gasteiger partial charge in [-0.2, -0.15) is 0 Å². The van der Waals surface area contributed by atoms with Gasteiger partial charge in [-0.05, 0) is 18.3 Å². The zero-order chi connectivity index (χ0) is 8.81. The van der Waals surface area contributed by atoms with Gasteiger partial charge >= 0.3 is 0 Å². The second-order valence-corrected chi connectivity index (χ2v) is 4.38. The Hall–Kier alpha value is -0.0400. The summed E-state index contributed by atoms with van der Waals surface area (Å²) in [5.41, 5.74) is 0. The van der Waals surface area contributed by atoms with Crippen molar-refractivity contribution < 1.29 is 5.11 Å². The van der Waals surface area contributed by atoms with Crippen molar-refractivity contribution in [3.63, 3.8) is 0 Å². The Morgan fingerprint density at radius 1 is 1.17 bits per heavy atom. The molecule has 0 aromatic rings. The monoisotopic (exact) mass is 170 g/mol. The molecule has 0 aromatic heterocycles. The lowest BCUT2D eigenvalue weighted by Gasteiger charge is -2.17. The van der Waals surface area contributed by atoms with E-state index in [-0.39, 0.29) is 0 Å². The smallest absolute Gasteiger partial charge is 0.0456 e. The van der Waals surface area contributed by atoms with E-state index in [1.54, 1.807) is 0 Å². The fraction of sp³-hybridized carbons (Fsp3) is 1.00. The standard InChI is InChI=1S/C11H22O/c1-10(9-12)8-11-6-4-2-3-5-7-11/h10-12H,2-9H2,1H3/t10-/m0/s1. The van der Waals surface area contributed by atoms with E-state index in [9.17, 15) is 0 Å². The molecule has 0 radical (unpaired) electrons. The molecule has 1 aliphatic carbocycles. The lowest BCUT2D eigenvalue weighted by atomic mass is 9.90. The molecule has 72 valence electrons. The number of aliphatic hydroxyl groups excluding tert-OH is 1. The third-order valence-corrected chi connectivity index (χ3v) is 3.02. The highest BCUT2D eigenvalue weighted by Gasteiger charge is 2.14. The molecule has 1 nitrogen and oxygen atoms in total. The van der Waals surface area contributed by atoms with Gasteiger partial charge in [0, 0.05) is 6.61 Å². The molecular formula is C11H22O. The Morgan fingerprint density at radius 2 is 1.75 bits per heavy atom. The highest BCUT2D eigenvalue weighted by Crippen LogP contribution is 2.27. The Bertz CT molecular complexity index is 104. The zero-order valence-corrected chi connectivity index (χ0v) is 8.26. The lowest BCUT2D eigenvalue weighted by molar-refractivity contribution is 0.207. The maximum Gasteiger partial charge on any atom is 0.0456 e. The fourth-order valence-electron chi connectivity index (χ4n) is 2.24. The van der Waals surface area contributed by atoms with Crippen molar-refractivity contribution in [1.29, 1.82) is 0 Å². The van der Waals surface area contributed by atoms with Crippen molar-refractivity contribution in [2.75, 3.05) is 6.61 Å². The second-order valence-electron chi connectivity index (χ2n) is 4.38. The predicted molar refractivity (Wildman–Crippen MR) is 52.1 cm³/mol. The molecule has 1 rings (SSSR count). The van der Waals surface area contributed by atoms with Gasteiger partial charge in [0.15, 0.2) is 0 Å². The van der Waals surface area contributed by atoms with E-state index in [0.29, 0.717) is 12.5 Å². The van der Waals surface area contributed by atoms with Crippen LogP contribution < -0.4 is 0 Å². The van der Waals surface area contributed by atoms with Crippen LogP contribution in [0.4, 0.5) is 0 Å². The molecule has 0 saturated heterocycles. The van der Waals surface area contributed by atoms with Crippen LogP contribution in [0.5, 0.6) is 0 Å². The van der Waals surface area contributed by atoms with Crippen LogP contribution in [0.2, 0.25) is 0 Å². The Balaban J connectivity index is 2.20. The summed E-state index contributed by atoms with van der Waals surface area (Å²) in [6.45, 7) is 2.53. The summed E-state index contributed by atoms with van der Waals surface area (Å²) in [5.74, 6) is 1.43. The predicted octanol–water partition coefficient (Wildman–Crippen LogP) is 2.98. The summed E-state index contributed by atoms with van der Waals surface area (Å²) < 4.78 is 0. The van der Waals surface area contributed by atoms with E-state index < -0.39 is 0 Å². The van der Waals surface area contributed by atoms with Crippen LogP contribution >= 0.6 is 0 Å². The van der Waals surface area contributed by atoms with Gasteiger partial charge in [0.25, 0.3) is 0 Å². The molecule has 1 fully saturated rings. The molecule has 0 aromatic carbocycles. The summed E-state index contributed by atoms with van der Waals surface area (Å²) in [6, 6.07) is 0. The second kappa shape index (κ2) is 5.58. The van der Waals surface area contributed by atoms with Crippen LogP contribution in [0.1, 0.15) is 51.9 Å². The quantitative estimate of drug-likeness (QED) is 0.646. The van der Waals surface area contributed by atoms with Crippen molar-refractivity contribution in [3.8, 4) is 0 Å². The maximum atomic E-state index is 8.94. The van der Waals surface area contributed by atoms with Crippen molar-refractivity contribution in [2.24, 2.45) is 11.8 Å². The van der Waals surface area contributed by atoms with E-state index in [0.717, 1.165) is 5.92 Å². The first-order valence-electron chi connectivity index (χ1n) is 5.43. The molecule has 1 saturated carbocycles. The molecule has 0 heterocycles. The molecule has 0 spiro atoms. The van der Waals surface area contributed by atoms with E-state index in [4.69, 9.17) is 5.11 Å². The van der Waals surface area contributed by atoms with Gasteiger partial charge in [-0.15, -0.1) is 0 Å². The number of aliphatic hydroxyl groups is 1. The fourth-order valence-corrected chi connectivity index (χ4v) is 2.24. The molecule has 12 heavy (non-hydrogen) atoms. The highest BCUT2D eigenvalue weighted by atomic mass is 16.3. The first-order valence-corrected chi connectivity index (χ1v) is 5.43. The van der Waals surface area contributed by atoms with Gasteiger partial charge < -0.3 is 5.11 Å². The topological polar surface area (TPSA) is 20.2 Å². The third-order valence-electron chi connectivity index (χ3n) is 3.02. The molecule has 1 aliphatic rings. The van der Waals surface area contributed by atoms with Crippen LogP contribution in [0.25, 0.3) is 0 Å². The third kappa shape index (κ3) is 3.57. The average molecular weight is 170 g/mol. The van der Waals surface area contributed by atoms with Gasteiger partial charge in [0.1, 0.15) is 0 Å². The minimum atomic E-state index is 0.372. The molecule has 0 bridgehead atoms. The summed E-state index contributed by atoms with van der Waals surface area (Å²) in [5, 5.41) is 8.94. The zero-order valence-electron chi connectivity index (χ0n) is 8.26. The Labute approximate surface area is 76.2 Å². The van der Waals surface area contributed by atoms with Crippen LogP contribution in [-0.4, -0.2) is 11.7 Å². The minimum Gasteiger partial charge on any atom is -0.396 e. The van der Waals surface area contributed by atoms with Crippen molar-refractivity contribution in [3.05, 3.63) is 0 Å². The van der Waals surface area contributed by atoms with E-state index >= 15 is 0 Å². The van der Waals surface area contributed by atoms with Gasteiger partial charge in [0.2, 0.25) is 0 Å². The van der Waals surface area contributed by atoms with E-state index in [1.165, 1.54) is 44.9 Å². The first kappa shape index (κ1) is 10.0. The Kier molecular flexibility index (Phi) is 4.67. The van der Waals surface area contributed by atoms with Crippen molar-refractivity contribution >= 4 is 0 Å². The minimum absolute atomic E-state index is 0.372.